The van der Waals surface area contributed by atoms with E-state index in [1.807, 2.05) is 0 Å². The molecule has 0 bridgehead atoms. The van der Waals surface area contributed by atoms with Crippen molar-refractivity contribution in [2.45, 2.75) is 44.6 Å². The molecule has 80 valence electrons. The molecule has 1 atom stereocenters. The Labute approximate surface area is 91.5 Å². The maximum atomic E-state index is 5.70. The van der Waals surface area contributed by atoms with Crippen LogP contribution in [0.4, 0.5) is 0 Å². The Hall–Kier alpha value is -0.820. The van der Waals surface area contributed by atoms with Gasteiger partial charge in [-0.25, -0.2) is 0 Å². The summed E-state index contributed by atoms with van der Waals surface area (Å²) in [5, 5.41) is 0. The Morgan fingerprint density at radius 3 is 2.53 bits per heavy atom. The third-order valence-corrected chi connectivity index (χ3v) is 3.96. The van der Waals surface area contributed by atoms with Crippen LogP contribution in [-0.2, 0) is 23.2 Å². The van der Waals surface area contributed by atoms with Crippen LogP contribution in [0, 0.1) is 0 Å². The van der Waals surface area contributed by atoms with Crippen LogP contribution < -0.4 is 0 Å². The van der Waals surface area contributed by atoms with Crippen LogP contribution in [0.1, 0.15) is 42.9 Å². The number of rotatable bonds is 1. The van der Waals surface area contributed by atoms with Gasteiger partial charge in [-0.15, -0.1) is 0 Å². The normalized spacial score (nSPS) is 29.4. The summed E-state index contributed by atoms with van der Waals surface area (Å²) in [6, 6.07) is 6.97. The van der Waals surface area contributed by atoms with Crippen LogP contribution in [0.2, 0.25) is 0 Å². The van der Waals surface area contributed by atoms with Crippen molar-refractivity contribution in [1.29, 1.82) is 0 Å². The molecule has 1 nitrogen and oxygen atoms in total. The third-order valence-electron chi connectivity index (χ3n) is 3.96. The van der Waals surface area contributed by atoms with Crippen LogP contribution >= 0.6 is 0 Å². The van der Waals surface area contributed by atoms with Crippen LogP contribution in [0.25, 0.3) is 0 Å². The zero-order valence-corrected chi connectivity index (χ0v) is 9.38. The first-order chi connectivity index (χ1) is 7.28. The average molecular weight is 202 g/mol. The number of aryl methyl sites for hydroxylation is 2. The molecule has 0 aromatic heterocycles. The Morgan fingerprint density at radius 2 is 1.87 bits per heavy atom. The summed E-state index contributed by atoms with van der Waals surface area (Å²) in [6.45, 7) is 3.13. The lowest BCUT2D eigenvalue weighted by Gasteiger charge is -2.39. The molecule has 0 spiro atoms. The quantitative estimate of drug-likeness (QED) is 0.679. The van der Waals surface area contributed by atoms with Crippen molar-refractivity contribution in [3.63, 3.8) is 0 Å². The van der Waals surface area contributed by atoms with E-state index >= 15 is 0 Å². The van der Waals surface area contributed by atoms with E-state index in [4.69, 9.17) is 4.74 Å². The zero-order valence-electron chi connectivity index (χ0n) is 9.38. The van der Waals surface area contributed by atoms with Crippen LogP contribution in [0.3, 0.4) is 0 Å². The minimum atomic E-state index is 0.0203. The minimum Gasteiger partial charge on any atom is -0.370 e. The Bertz CT molecular complexity index is 377. The maximum Gasteiger partial charge on any atom is 0.0925 e. The summed E-state index contributed by atoms with van der Waals surface area (Å²) in [6.07, 6.45) is 6.42. The zero-order chi connectivity index (χ0) is 10.3. The van der Waals surface area contributed by atoms with E-state index < -0.39 is 0 Å². The van der Waals surface area contributed by atoms with Crippen molar-refractivity contribution in [2.24, 2.45) is 0 Å². The van der Waals surface area contributed by atoms with Gasteiger partial charge in [-0.05, 0) is 49.3 Å². The summed E-state index contributed by atoms with van der Waals surface area (Å²) in [5.41, 5.74) is 4.53. The molecule has 1 aromatic carbocycles. The van der Waals surface area contributed by atoms with E-state index in [0.29, 0.717) is 0 Å². The number of ether oxygens (including phenoxy) is 1. The first kappa shape index (κ1) is 9.41. The third kappa shape index (κ3) is 1.50. The monoisotopic (exact) mass is 202 g/mol. The predicted molar refractivity (Wildman–Crippen MR) is 61.0 cm³/mol. The second-order valence-electron chi connectivity index (χ2n) is 5.02. The lowest BCUT2D eigenvalue weighted by molar-refractivity contribution is -0.140. The molecule has 1 unspecified atom stereocenters. The van der Waals surface area contributed by atoms with Gasteiger partial charge in [0, 0.05) is 6.42 Å². The van der Waals surface area contributed by atoms with Gasteiger partial charge in [0.15, 0.2) is 0 Å². The molecule has 0 N–H and O–H groups in total. The molecule has 15 heavy (non-hydrogen) atoms. The smallest absolute Gasteiger partial charge is 0.0925 e. The summed E-state index contributed by atoms with van der Waals surface area (Å²) in [5.74, 6) is 0. The van der Waals surface area contributed by atoms with Crippen molar-refractivity contribution in [3.8, 4) is 0 Å². The lowest BCUT2D eigenvalue weighted by atomic mass is 9.83. The largest absolute Gasteiger partial charge is 0.370 e. The van der Waals surface area contributed by atoms with E-state index in [1.165, 1.54) is 37.7 Å². The van der Waals surface area contributed by atoms with Gasteiger partial charge in [0.2, 0.25) is 0 Å². The maximum absolute atomic E-state index is 5.70. The second kappa shape index (κ2) is 3.34. The van der Waals surface area contributed by atoms with Gasteiger partial charge in [0.25, 0.3) is 0 Å². The summed E-state index contributed by atoms with van der Waals surface area (Å²) >= 11 is 0. The Kier molecular flexibility index (Phi) is 2.10. The SMILES string of the molecule is CC1(c2ccc3c(c2)CCCC3)CCO1. The average Bonchev–Trinajstić information content (AvgIpc) is 2.25. The second-order valence-corrected chi connectivity index (χ2v) is 5.02. The molecule has 1 heterocycles. The Balaban J connectivity index is 1.97. The van der Waals surface area contributed by atoms with Gasteiger partial charge >= 0.3 is 0 Å². The molecule has 3 rings (SSSR count). The van der Waals surface area contributed by atoms with E-state index in [2.05, 4.69) is 25.1 Å². The number of hydrogen-bond donors (Lipinski definition) is 0. The van der Waals surface area contributed by atoms with E-state index in [0.717, 1.165) is 6.61 Å². The van der Waals surface area contributed by atoms with Gasteiger partial charge in [0.1, 0.15) is 0 Å². The molecule has 0 amide bonds. The highest BCUT2D eigenvalue weighted by Crippen LogP contribution is 2.38. The first-order valence-corrected chi connectivity index (χ1v) is 6.04. The fourth-order valence-corrected chi connectivity index (χ4v) is 2.70. The molecule has 0 saturated carbocycles. The van der Waals surface area contributed by atoms with Crippen molar-refractivity contribution in [3.05, 3.63) is 34.9 Å². The molecule has 1 saturated heterocycles. The van der Waals surface area contributed by atoms with E-state index in [1.54, 1.807) is 11.1 Å². The van der Waals surface area contributed by atoms with Crippen LogP contribution in [-0.4, -0.2) is 6.61 Å². The van der Waals surface area contributed by atoms with Gasteiger partial charge in [-0.1, -0.05) is 18.2 Å². The van der Waals surface area contributed by atoms with Crippen molar-refractivity contribution in [1.82, 2.24) is 0 Å². The summed E-state index contributed by atoms with van der Waals surface area (Å²) in [7, 11) is 0. The highest BCUT2D eigenvalue weighted by molar-refractivity contribution is 5.36. The van der Waals surface area contributed by atoms with Crippen molar-refractivity contribution >= 4 is 0 Å². The van der Waals surface area contributed by atoms with Crippen LogP contribution in [0.5, 0.6) is 0 Å². The Morgan fingerprint density at radius 1 is 1.13 bits per heavy atom. The van der Waals surface area contributed by atoms with Crippen molar-refractivity contribution < 1.29 is 4.74 Å². The van der Waals surface area contributed by atoms with Gasteiger partial charge < -0.3 is 4.74 Å². The van der Waals surface area contributed by atoms with Crippen molar-refractivity contribution in [2.75, 3.05) is 6.61 Å². The molecule has 1 aromatic rings. The topological polar surface area (TPSA) is 9.23 Å². The van der Waals surface area contributed by atoms with Gasteiger partial charge in [-0.3, -0.25) is 0 Å². The molecule has 0 radical (unpaired) electrons. The minimum absolute atomic E-state index is 0.0203. The molecule has 1 fully saturated rings. The molecular weight excluding hydrogens is 184 g/mol. The highest BCUT2D eigenvalue weighted by atomic mass is 16.5. The fourth-order valence-electron chi connectivity index (χ4n) is 2.70. The van der Waals surface area contributed by atoms with Gasteiger partial charge in [-0.2, -0.15) is 0 Å². The highest BCUT2D eigenvalue weighted by Gasteiger charge is 2.35. The molecule has 2 aliphatic rings. The molecular formula is C14H18O. The van der Waals surface area contributed by atoms with Gasteiger partial charge in [0.05, 0.1) is 12.2 Å². The lowest BCUT2D eigenvalue weighted by Crippen LogP contribution is -2.37. The molecule has 1 aliphatic carbocycles. The standard InChI is InChI=1S/C14H18O/c1-14(8-9-15-14)13-7-6-11-4-2-3-5-12(11)10-13/h6-7,10H,2-5,8-9H2,1H3. The summed E-state index contributed by atoms with van der Waals surface area (Å²) in [4.78, 5) is 0. The first-order valence-electron chi connectivity index (χ1n) is 6.04. The number of benzene rings is 1. The summed E-state index contributed by atoms with van der Waals surface area (Å²) < 4.78 is 5.70. The predicted octanol–water partition coefficient (Wildman–Crippen LogP) is 3.20. The molecule has 1 heteroatoms. The molecule has 1 aliphatic heterocycles. The van der Waals surface area contributed by atoms with E-state index in [9.17, 15) is 0 Å². The fraction of sp³-hybridized carbons (Fsp3) is 0.571. The number of hydrogen-bond acceptors (Lipinski definition) is 1. The number of fused-ring (bicyclic) bond motifs is 1. The van der Waals surface area contributed by atoms with E-state index in [-0.39, 0.29) is 5.60 Å². The van der Waals surface area contributed by atoms with Crippen LogP contribution in [0.15, 0.2) is 18.2 Å².